The number of nitrogens with one attached hydrogen (secondary N) is 1. The van der Waals surface area contributed by atoms with Gasteiger partial charge in [0.1, 0.15) is 12.4 Å². The van der Waals surface area contributed by atoms with Crippen LogP contribution in [0.3, 0.4) is 0 Å². The molecule has 0 fully saturated rings. The van der Waals surface area contributed by atoms with Crippen molar-refractivity contribution in [2.45, 2.75) is 13.0 Å². The molecule has 5 heteroatoms. The van der Waals surface area contributed by atoms with Crippen molar-refractivity contribution in [2.24, 2.45) is 0 Å². The average Bonchev–Trinajstić information content (AvgIpc) is 2.98. The molecule has 0 radical (unpaired) electrons. The van der Waals surface area contributed by atoms with Crippen molar-refractivity contribution >= 4 is 11.9 Å². The molecule has 0 aliphatic heterocycles. The zero-order valence-corrected chi connectivity index (χ0v) is 11.0. The van der Waals surface area contributed by atoms with Gasteiger partial charge in [-0.15, -0.1) is 0 Å². The van der Waals surface area contributed by atoms with Crippen molar-refractivity contribution in [3.63, 3.8) is 0 Å². The van der Waals surface area contributed by atoms with Crippen molar-refractivity contribution in [1.29, 1.82) is 0 Å². The van der Waals surface area contributed by atoms with Crippen LogP contribution in [0.4, 0.5) is 0 Å². The third kappa shape index (κ3) is 3.71. The monoisotopic (exact) mass is 273 g/mol. The van der Waals surface area contributed by atoms with Crippen molar-refractivity contribution in [2.75, 3.05) is 6.54 Å². The molecular weight excluding hydrogens is 258 g/mol. The van der Waals surface area contributed by atoms with E-state index in [2.05, 4.69) is 5.32 Å². The Kier molecular flexibility index (Phi) is 4.55. The van der Waals surface area contributed by atoms with Gasteiger partial charge >= 0.3 is 5.97 Å². The number of carbonyl (C=O) groups is 2. The summed E-state index contributed by atoms with van der Waals surface area (Å²) in [5.41, 5.74) is 1.16. The van der Waals surface area contributed by atoms with Gasteiger partial charge in [0.2, 0.25) is 5.91 Å². The van der Waals surface area contributed by atoms with Crippen LogP contribution in [0.2, 0.25) is 0 Å². The Bertz CT molecular complexity index is 563. The minimum absolute atomic E-state index is 0.176. The molecule has 2 aromatic rings. The van der Waals surface area contributed by atoms with Gasteiger partial charge in [0.05, 0.1) is 18.4 Å². The highest BCUT2D eigenvalue weighted by molar-refractivity contribution is 5.89. The average molecular weight is 273 g/mol. The minimum Gasteiger partial charge on any atom is -0.472 e. The lowest BCUT2D eigenvalue weighted by Gasteiger charge is -2.18. The van der Waals surface area contributed by atoms with Crippen LogP contribution in [0.15, 0.2) is 53.3 Å². The minimum atomic E-state index is -0.539. The largest absolute Gasteiger partial charge is 0.472 e. The third-order valence-corrected chi connectivity index (χ3v) is 2.71. The van der Waals surface area contributed by atoms with Crippen LogP contribution in [0.25, 0.3) is 0 Å². The molecule has 2 rings (SSSR count). The Morgan fingerprint density at radius 3 is 2.60 bits per heavy atom. The van der Waals surface area contributed by atoms with Crippen molar-refractivity contribution in [3.8, 4) is 0 Å². The summed E-state index contributed by atoms with van der Waals surface area (Å²) in [5, 5.41) is 2.66. The number of esters is 1. The summed E-state index contributed by atoms with van der Waals surface area (Å²) in [7, 11) is 0. The van der Waals surface area contributed by atoms with E-state index in [9.17, 15) is 9.59 Å². The topological polar surface area (TPSA) is 68.5 Å². The molecule has 1 amide bonds. The van der Waals surface area contributed by atoms with E-state index >= 15 is 0 Å². The van der Waals surface area contributed by atoms with Crippen LogP contribution in [0.1, 0.15) is 28.9 Å². The fraction of sp³-hybridized carbons (Fsp3) is 0.200. The van der Waals surface area contributed by atoms with Gasteiger partial charge in [-0.3, -0.25) is 4.79 Å². The van der Waals surface area contributed by atoms with E-state index in [1.54, 1.807) is 0 Å². The molecular formula is C15H15NO4. The van der Waals surface area contributed by atoms with E-state index in [0.717, 1.165) is 5.56 Å². The predicted molar refractivity (Wildman–Crippen MR) is 72.0 cm³/mol. The van der Waals surface area contributed by atoms with E-state index in [1.165, 1.54) is 25.5 Å². The molecule has 0 saturated heterocycles. The van der Waals surface area contributed by atoms with Crippen molar-refractivity contribution < 1.29 is 18.7 Å². The molecule has 20 heavy (non-hydrogen) atoms. The van der Waals surface area contributed by atoms with Crippen LogP contribution < -0.4 is 5.32 Å². The summed E-state index contributed by atoms with van der Waals surface area (Å²) in [4.78, 5) is 23.0. The first-order chi connectivity index (χ1) is 9.66. The molecule has 104 valence electrons. The van der Waals surface area contributed by atoms with Crippen LogP contribution in [0.5, 0.6) is 0 Å². The number of furan rings is 1. The molecule has 0 bridgehead atoms. The highest BCUT2D eigenvalue weighted by Crippen LogP contribution is 2.18. The molecule has 1 heterocycles. The molecule has 0 aliphatic rings. The first kappa shape index (κ1) is 13.9. The van der Waals surface area contributed by atoms with Crippen LogP contribution >= 0.6 is 0 Å². The second-order valence-electron chi connectivity index (χ2n) is 4.25. The van der Waals surface area contributed by atoms with Gasteiger partial charge in [-0.1, -0.05) is 30.3 Å². The van der Waals surface area contributed by atoms with Gasteiger partial charge in [-0.05, 0) is 11.6 Å². The van der Waals surface area contributed by atoms with Crippen LogP contribution in [0, 0.1) is 0 Å². The zero-order valence-electron chi connectivity index (χ0n) is 11.0. The van der Waals surface area contributed by atoms with E-state index in [1.807, 2.05) is 30.3 Å². The zero-order chi connectivity index (χ0) is 14.4. The Morgan fingerprint density at radius 2 is 2.00 bits per heavy atom. The van der Waals surface area contributed by atoms with Crippen LogP contribution in [-0.2, 0) is 9.53 Å². The second-order valence-corrected chi connectivity index (χ2v) is 4.25. The molecule has 1 N–H and O–H groups in total. The quantitative estimate of drug-likeness (QED) is 0.849. The normalized spacial score (nSPS) is 11.7. The molecule has 0 saturated carbocycles. The van der Waals surface area contributed by atoms with E-state index in [-0.39, 0.29) is 12.5 Å². The third-order valence-electron chi connectivity index (χ3n) is 2.71. The number of rotatable bonds is 5. The smallest absolute Gasteiger partial charge is 0.342 e. The number of hydrogen-bond acceptors (Lipinski definition) is 4. The van der Waals surface area contributed by atoms with Gasteiger partial charge in [-0.25, -0.2) is 4.79 Å². The van der Waals surface area contributed by atoms with Crippen molar-refractivity contribution in [3.05, 3.63) is 60.1 Å². The summed E-state index contributed by atoms with van der Waals surface area (Å²) in [6, 6.07) is 10.8. The fourth-order valence-corrected chi connectivity index (χ4v) is 1.71. The van der Waals surface area contributed by atoms with Gasteiger partial charge < -0.3 is 14.5 Å². The van der Waals surface area contributed by atoms with Gasteiger partial charge in [0.15, 0.2) is 0 Å². The lowest BCUT2D eigenvalue weighted by molar-refractivity contribution is -0.119. The standard InChI is InChI=1S/C15H15NO4/c1-11(17)16-9-14(12-5-3-2-4-6-12)20-15(18)13-7-8-19-10-13/h2-8,10,14H,9H2,1H3,(H,16,17)/t14-/m1/s1. The maximum absolute atomic E-state index is 11.9. The lowest BCUT2D eigenvalue weighted by atomic mass is 10.1. The number of ether oxygens (including phenoxy) is 1. The second kappa shape index (κ2) is 6.56. The summed E-state index contributed by atoms with van der Waals surface area (Å²) >= 11 is 0. The van der Waals surface area contributed by atoms with Crippen molar-refractivity contribution in [1.82, 2.24) is 5.32 Å². The lowest BCUT2D eigenvalue weighted by Crippen LogP contribution is -2.28. The van der Waals surface area contributed by atoms with Gasteiger partial charge in [0, 0.05) is 6.92 Å². The first-order valence-electron chi connectivity index (χ1n) is 6.19. The number of hydrogen-bond donors (Lipinski definition) is 1. The highest BCUT2D eigenvalue weighted by Gasteiger charge is 2.18. The number of benzene rings is 1. The number of carbonyl (C=O) groups excluding carboxylic acids is 2. The molecule has 0 unspecified atom stereocenters. The van der Waals surface area contributed by atoms with Gasteiger partial charge in [0.25, 0.3) is 0 Å². The van der Waals surface area contributed by atoms with Gasteiger partial charge in [-0.2, -0.15) is 0 Å². The molecule has 1 atom stereocenters. The molecule has 0 aliphatic carbocycles. The fourth-order valence-electron chi connectivity index (χ4n) is 1.71. The molecule has 1 aromatic heterocycles. The van der Waals surface area contributed by atoms with E-state index in [0.29, 0.717) is 5.56 Å². The predicted octanol–water partition coefficient (Wildman–Crippen LogP) is 2.31. The Labute approximate surface area is 116 Å². The molecule has 1 aromatic carbocycles. The molecule has 5 nitrogen and oxygen atoms in total. The SMILES string of the molecule is CC(=O)NC[C@@H](OC(=O)c1ccoc1)c1ccccc1. The Morgan fingerprint density at radius 1 is 1.25 bits per heavy atom. The summed E-state index contributed by atoms with van der Waals surface area (Å²) in [6.07, 6.45) is 2.19. The summed E-state index contributed by atoms with van der Waals surface area (Å²) < 4.78 is 10.3. The van der Waals surface area contributed by atoms with E-state index in [4.69, 9.17) is 9.15 Å². The first-order valence-corrected chi connectivity index (χ1v) is 6.19. The van der Waals surface area contributed by atoms with E-state index < -0.39 is 12.1 Å². The number of amides is 1. The highest BCUT2D eigenvalue weighted by atomic mass is 16.5. The Balaban J connectivity index is 2.10. The summed E-state index contributed by atoms with van der Waals surface area (Å²) in [5.74, 6) is -0.664. The maximum atomic E-state index is 11.9. The molecule has 0 spiro atoms. The van der Waals surface area contributed by atoms with Crippen LogP contribution in [-0.4, -0.2) is 18.4 Å². The maximum Gasteiger partial charge on any atom is 0.342 e. The Hall–Kier alpha value is -2.56. The summed E-state index contributed by atoms with van der Waals surface area (Å²) in [6.45, 7) is 1.64.